The Labute approximate surface area is 77.8 Å². The second-order valence-corrected chi connectivity index (χ2v) is 3.28. The minimum atomic E-state index is -0.473. The standard InChI is InChI=1S/C9H15N3O/c1-6(2)8-3-4-11-9(12-8)7(10)5-13/h3-4,6-7,13H,5,10H2,1-2H3. The van der Waals surface area contributed by atoms with Crippen molar-refractivity contribution in [3.05, 3.63) is 23.8 Å². The number of rotatable bonds is 3. The van der Waals surface area contributed by atoms with Crippen molar-refractivity contribution in [3.8, 4) is 0 Å². The molecular formula is C9H15N3O. The van der Waals surface area contributed by atoms with Gasteiger partial charge < -0.3 is 10.8 Å². The maximum atomic E-state index is 8.81. The predicted octanol–water partition coefficient (Wildman–Crippen LogP) is 0.592. The highest BCUT2D eigenvalue weighted by molar-refractivity contribution is 5.08. The highest BCUT2D eigenvalue weighted by Crippen LogP contribution is 2.12. The first kappa shape index (κ1) is 10.1. The molecule has 1 unspecified atom stereocenters. The van der Waals surface area contributed by atoms with Gasteiger partial charge in [0.2, 0.25) is 0 Å². The van der Waals surface area contributed by atoms with Crippen LogP contribution in [0.5, 0.6) is 0 Å². The van der Waals surface area contributed by atoms with Gasteiger partial charge in [-0.2, -0.15) is 0 Å². The third kappa shape index (κ3) is 2.47. The number of nitrogens with two attached hydrogens (primary N) is 1. The van der Waals surface area contributed by atoms with E-state index in [9.17, 15) is 0 Å². The molecule has 4 nitrogen and oxygen atoms in total. The third-order valence-corrected chi connectivity index (χ3v) is 1.82. The summed E-state index contributed by atoms with van der Waals surface area (Å²) in [6, 6.07) is 1.39. The molecule has 4 heteroatoms. The van der Waals surface area contributed by atoms with E-state index in [-0.39, 0.29) is 6.61 Å². The first-order chi connectivity index (χ1) is 6.15. The predicted molar refractivity (Wildman–Crippen MR) is 50.1 cm³/mol. The summed E-state index contributed by atoms with van der Waals surface area (Å²) in [5.74, 6) is 0.862. The number of aliphatic hydroxyl groups excluding tert-OH is 1. The Balaban J connectivity index is 2.91. The van der Waals surface area contributed by atoms with E-state index in [1.807, 2.05) is 6.07 Å². The molecule has 0 aliphatic carbocycles. The van der Waals surface area contributed by atoms with Gasteiger partial charge in [-0.3, -0.25) is 0 Å². The minimum absolute atomic E-state index is 0.123. The molecule has 0 fully saturated rings. The molecule has 0 saturated carbocycles. The Hall–Kier alpha value is -1.00. The second kappa shape index (κ2) is 4.30. The summed E-state index contributed by atoms with van der Waals surface area (Å²) >= 11 is 0. The highest BCUT2D eigenvalue weighted by Gasteiger charge is 2.09. The van der Waals surface area contributed by atoms with E-state index >= 15 is 0 Å². The molecule has 0 aromatic carbocycles. The van der Waals surface area contributed by atoms with Crippen molar-refractivity contribution < 1.29 is 5.11 Å². The zero-order valence-electron chi connectivity index (χ0n) is 7.94. The molecule has 0 spiro atoms. The van der Waals surface area contributed by atoms with Crippen molar-refractivity contribution in [2.24, 2.45) is 5.73 Å². The molecule has 3 N–H and O–H groups in total. The largest absolute Gasteiger partial charge is 0.394 e. The lowest BCUT2D eigenvalue weighted by Gasteiger charge is -2.09. The number of nitrogens with zero attached hydrogens (tertiary/aromatic N) is 2. The SMILES string of the molecule is CC(C)c1ccnc(C(N)CO)n1. The van der Waals surface area contributed by atoms with Gasteiger partial charge in [0, 0.05) is 11.9 Å². The van der Waals surface area contributed by atoms with Gasteiger partial charge in [0.15, 0.2) is 0 Å². The monoisotopic (exact) mass is 181 g/mol. The summed E-state index contributed by atoms with van der Waals surface area (Å²) < 4.78 is 0. The molecule has 72 valence electrons. The quantitative estimate of drug-likeness (QED) is 0.716. The van der Waals surface area contributed by atoms with E-state index in [1.165, 1.54) is 0 Å². The summed E-state index contributed by atoms with van der Waals surface area (Å²) in [4.78, 5) is 8.24. The van der Waals surface area contributed by atoms with Gasteiger partial charge in [-0.05, 0) is 12.0 Å². The highest BCUT2D eigenvalue weighted by atomic mass is 16.3. The first-order valence-corrected chi connectivity index (χ1v) is 4.34. The Morgan fingerprint density at radius 3 is 2.77 bits per heavy atom. The van der Waals surface area contributed by atoms with Crippen LogP contribution >= 0.6 is 0 Å². The van der Waals surface area contributed by atoms with Crippen LogP contribution in [0.25, 0.3) is 0 Å². The average molecular weight is 181 g/mol. The van der Waals surface area contributed by atoms with E-state index in [0.717, 1.165) is 5.69 Å². The number of hydrogen-bond donors (Lipinski definition) is 2. The molecule has 0 aliphatic rings. The third-order valence-electron chi connectivity index (χ3n) is 1.82. The molecule has 1 aromatic heterocycles. The maximum Gasteiger partial charge on any atom is 0.147 e. The van der Waals surface area contributed by atoms with Crippen LogP contribution in [0.15, 0.2) is 12.3 Å². The fourth-order valence-electron chi connectivity index (χ4n) is 0.970. The lowest BCUT2D eigenvalue weighted by molar-refractivity contribution is 0.263. The van der Waals surface area contributed by atoms with Crippen molar-refractivity contribution >= 4 is 0 Å². The fourth-order valence-corrected chi connectivity index (χ4v) is 0.970. The Kier molecular flexibility index (Phi) is 3.33. The minimum Gasteiger partial charge on any atom is -0.394 e. The molecule has 0 saturated heterocycles. The van der Waals surface area contributed by atoms with Crippen LogP contribution in [-0.2, 0) is 0 Å². The van der Waals surface area contributed by atoms with E-state index < -0.39 is 6.04 Å². The Morgan fingerprint density at radius 1 is 1.54 bits per heavy atom. The van der Waals surface area contributed by atoms with Gasteiger partial charge in [-0.15, -0.1) is 0 Å². The van der Waals surface area contributed by atoms with Gasteiger partial charge in [-0.25, -0.2) is 9.97 Å². The molecule has 1 heterocycles. The van der Waals surface area contributed by atoms with Crippen LogP contribution < -0.4 is 5.73 Å². The molecule has 0 bridgehead atoms. The fraction of sp³-hybridized carbons (Fsp3) is 0.556. The van der Waals surface area contributed by atoms with E-state index in [2.05, 4.69) is 23.8 Å². The van der Waals surface area contributed by atoms with E-state index in [1.54, 1.807) is 6.20 Å². The zero-order chi connectivity index (χ0) is 9.84. The topological polar surface area (TPSA) is 72.0 Å². The van der Waals surface area contributed by atoms with Crippen molar-refractivity contribution in [3.63, 3.8) is 0 Å². The Bertz CT molecular complexity index is 275. The molecule has 0 aliphatic heterocycles. The van der Waals surface area contributed by atoms with Crippen LogP contribution in [0, 0.1) is 0 Å². The van der Waals surface area contributed by atoms with Crippen LogP contribution in [-0.4, -0.2) is 21.7 Å². The molecule has 0 amide bonds. The van der Waals surface area contributed by atoms with Gasteiger partial charge >= 0.3 is 0 Å². The summed E-state index contributed by atoms with van der Waals surface area (Å²) in [5, 5.41) is 8.81. The maximum absolute atomic E-state index is 8.81. The van der Waals surface area contributed by atoms with Crippen LogP contribution in [0.1, 0.15) is 37.3 Å². The van der Waals surface area contributed by atoms with Gasteiger partial charge in [0.25, 0.3) is 0 Å². The van der Waals surface area contributed by atoms with Crippen molar-refractivity contribution in [1.29, 1.82) is 0 Å². The van der Waals surface area contributed by atoms with E-state index in [4.69, 9.17) is 10.8 Å². The van der Waals surface area contributed by atoms with Gasteiger partial charge in [0.1, 0.15) is 5.82 Å². The molecule has 0 radical (unpaired) electrons. The van der Waals surface area contributed by atoms with Crippen molar-refractivity contribution in [1.82, 2.24) is 9.97 Å². The van der Waals surface area contributed by atoms with Crippen molar-refractivity contribution in [2.75, 3.05) is 6.61 Å². The van der Waals surface area contributed by atoms with E-state index in [0.29, 0.717) is 11.7 Å². The van der Waals surface area contributed by atoms with Crippen LogP contribution in [0.4, 0.5) is 0 Å². The van der Waals surface area contributed by atoms with Crippen molar-refractivity contribution in [2.45, 2.75) is 25.8 Å². The first-order valence-electron chi connectivity index (χ1n) is 4.34. The summed E-state index contributed by atoms with van der Waals surface area (Å²) in [6.45, 7) is 3.98. The van der Waals surface area contributed by atoms with Gasteiger partial charge in [0.05, 0.1) is 12.6 Å². The van der Waals surface area contributed by atoms with Crippen LogP contribution in [0.3, 0.4) is 0 Å². The molecule has 1 aromatic rings. The lowest BCUT2D eigenvalue weighted by atomic mass is 10.1. The zero-order valence-corrected chi connectivity index (χ0v) is 7.94. The number of aromatic nitrogens is 2. The molecule has 13 heavy (non-hydrogen) atoms. The molecule has 1 rings (SSSR count). The second-order valence-electron chi connectivity index (χ2n) is 3.28. The molecular weight excluding hydrogens is 166 g/mol. The summed E-state index contributed by atoms with van der Waals surface area (Å²) in [7, 11) is 0. The number of hydrogen-bond acceptors (Lipinski definition) is 4. The average Bonchev–Trinajstić information content (AvgIpc) is 2.17. The normalized spacial score (nSPS) is 13.3. The smallest absolute Gasteiger partial charge is 0.147 e. The molecule has 1 atom stereocenters. The summed E-state index contributed by atoms with van der Waals surface area (Å²) in [5.41, 5.74) is 6.54. The summed E-state index contributed by atoms with van der Waals surface area (Å²) in [6.07, 6.45) is 1.67. The lowest BCUT2D eigenvalue weighted by Crippen LogP contribution is -2.18. The number of aliphatic hydroxyl groups is 1. The van der Waals surface area contributed by atoms with Gasteiger partial charge in [-0.1, -0.05) is 13.8 Å². The Morgan fingerprint density at radius 2 is 2.23 bits per heavy atom. The van der Waals surface area contributed by atoms with Crippen LogP contribution in [0.2, 0.25) is 0 Å².